The topological polar surface area (TPSA) is 24.9 Å². The van der Waals surface area contributed by atoms with Crippen molar-refractivity contribution in [3.8, 4) is 0 Å². The van der Waals surface area contributed by atoms with Gasteiger partial charge in [0.25, 0.3) is 0 Å². The number of nitrogens with one attached hydrogen (secondary N) is 1. The van der Waals surface area contributed by atoms with E-state index >= 15 is 0 Å². The van der Waals surface area contributed by atoms with Gasteiger partial charge in [-0.1, -0.05) is 6.42 Å². The molecule has 2 rings (SSSR count). The Morgan fingerprint density at radius 3 is 2.75 bits per heavy atom. The van der Waals surface area contributed by atoms with Crippen molar-refractivity contribution in [2.45, 2.75) is 51.2 Å². The Balaban J connectivity index is 2.00. The summed E-state index contributed by atoms with van der Waals surface area (Å²) in [7, 11) is 1.84. The Morgan fingerprint density at radius 1 is 1.45 bits per heavy atom. The highest BCUT2D eigenvalue weighted by molar-refractivity contribution is 7.09. The Morgan fingerprint density at radius 2 is 2.20 bits per heavy atom. The van der Waals surface area contributed by atoms with Crippen LogP contribution in [0.4, 0.5) is 13.2 Å². The Bertz CT molecular complexity index is 430. The molecule has 0 bridgehead atoms. The predicted octanol–water partition coefficient (Wildman–Crippen LogP) is 3.95. The van der Waals surface area contributed by atoms with E-state index in [4.69, 9.17) is 0 Å². The fraction of sp³-hybridized carbons (Fsp3) is 0.786. The molecule has 1 aliphatic rings. The van der Waals surface area contributed by atoms with Crippen LogP contribution in [0.5, 0.6) is 0 Å². The van der Waals surface area contributed by atoms with Gasteiger partial charge in [-0.2, -0.15) is 13.2 Å². The minimum Gasteiger partial charge on any atom is -0.316 e. The summed E-state index contributed by atoms with van der Waals surface area (Å²) in [6.45, 7) is 1.94. The number of thiazole rings is 1. The lowest BCUT2D eigenvalue weighted by molar-refractivity contribution is -0.186. The highest BCUT2D eigenvalue weighted by atomic mass is 32.1. The van der Waals surface area contributed by atoms with Crippen molar-refractivity contribution in [2.24, 2.45) is 11.8 Å². The highest BCUT2D eigenvalue weighted by Gasteiger charge is 2.43. The number of rotatable bonds is 4. The molecule has 1 aliphatic carbocycles. The van der Waals surface area contributed by atoms with Gasteiger partial charge in [-0.3, -0.25) is 0 Å². The van der Waals surface area contributed by atoms with Crippen molar-refractivity contribution in [1.82, 2.24) is 10.3 Å². The largest absolute Gasteiger partial charge is 0.391 e. The lowest BCUT2D eigenvalue weighted by Gasteiger charge is -2.35. The van der Waals surface area contributed by atoms with Crippen LogP contribution in [0, 0.1) is 18.8 Å². The lowest BCUT2D eigenvalue weighted by Crippen LogP contribution is -2.40. The Hall–Kier alpha value is -0.620. The third-order valence-corrected chi connectivity index (χ3v) is 5.17. The maximum absolute atomic E-state index is 12.9. The minimum atomic E-state index is -4.05. The molecule has 1 fully saturated rings. The molecule has 0 saturated heterocycles. The molecular formula is C14H21F3N2S. The molecule has 1 heterocycles. The number of alkyl halides is 3. The minimum absolute atomic E-state index is 0.0876. The summed E-state index contributed by atoms with van der Waals surface area (Å²) in [5.74, 6) is -1.04. The molecule has 1 aromatic heterocycles. The van der Waals surface area contributed by atoms with Crippen LogP contribution in [0.25, 0.3) is 0 Å². The second-order valence-corrected chi connectivity index (χ2v) is 6.59. The fourth-order valence-electron chi connectivity index (χ4n) is 3.08. The molecule has 1 N–H and O–H groups in total. The number of aromatic nitrogens is 1. The van der Waals surface area contributed by atoms with Crippen LogP contribution in [0.1, 0.15) is 36.4 Å². The van der Waals surface area contributed by atoms with Crippen molar-refractivity contribution >= 4 is 11.3 Å². The molecule has 6 heteroatoms. The summed E-state index contributed by atoms with van der Waals surface area (Å²) in [6, 6.07) is 0.0886. The molecule has 1 saturated carbocycles. The van der Waals surface area contributed by atoms with Crippen LogP contribution in [0.3, 0.4) is 0 Å². The summed E-state index contributed by atoms with van der Waals surface area (Å²) in [4.78, 5) is 4.42. The first kappa shape index (κ1) is 15.8. The van der Waals surface area contributed by atoms with Gasteiger partial charge >= 0.3 is 6.18 Å². The van der Waals surface area contributed by atoms with Crippen molar-refractivity contribution < 1.29 is 13.2 Å². The molecule has 114 valence electrons. The van der Waals surface area contributed by atoms with Crippen LogP contribution >= 0.6 is 11.3 Å². The van der Waals surface area contributed by atoms with Gasteiger partial charge in [-0.05, 0) is 39.2 Å². The number of hydrogen-bond donors (Lipinski definition) is 1. The first-order valence-electron chi connectivity index (χ1n) is 7.05. The van der Waals surface area contributed by atoms with Crippen molar-refractivity contribution in [2.75, 3.05) is 7.05 Å². The van der Waals surface area contributed by atoms with E-state index in [1.165, 1.54) is 0 Å². The smallest absolute Gasteiger partial charge is 0.316 e. The summed E-state index contributed by atoms with van der Waals surface area (Å²) in [5.41, 5.74) is 0.983. The third kappa shape index (κ3) is 3.95. The maximum Gasteiger partial charge on any atom is 0.391 e. The molecule has 0 aliphatic heterocycles. The van der Waals surface area contributed by atoms with E-state index in [0.717, 1.165) is 23.5 Å². The quantitative estimate of drug-likeness (QED) is 0.911. The summed E-state index contributed by atoms with van der Waals surface area (Å²) < 4.78 is 38.6. The van der Waals surface area contributed by atoms with Gasteiger partial charge in [-0.15, -0.1) is 11.3 Å². The zero-order valence-corrected chi connectivity index (χ0v) is 12.7. The third-order valence-electron chi connectivity index (χ3n) is 4.18. The summed E-state index contributed by atoms with van der Waals surface area (Å²) in [6.07, 6.45) is -1.24. The number of hydrogen-bond acceptors (Lipinski definition) is 3. The van der Waals surface area contributed by atoms with Gasteiger partial charge in [0.05, 0.1) is 10.9 Å². The number of nitrogens with zero attached hydrogens (tertiary/aromatic N) is 1. The zero-order valence-electron chi connectivity index (χ0n) is 11.8. The van der Waals surface area contributed by atoms with Crippen LogP contribution in [-0.4, -0.2) is 24.2 Å². The van der Waals surface area contributed by atoms with Crippen LogP contribution in [0.2, 0.25) is 0 Å². The second-order valence-electron chi connectivity index (χ2n) is 5.65. The molecule has 2 nitrogen and oxygen atoms in total. The van der Waals surface area contributed by atoms with Gasteiger partial charge in [0, 0.05) is 23.5 Å². The average molecular weight is 306 g/mol. The van der Waals surface area contributed by atoms with Crippen LogP contribution < -0.4 is 5.32 Å². The normalized spacial score (nSPS) is 25.6. The first-order chi connectivity index (χ1) is 9.40. The summed E-state index contributed by atoms with van der Waals surface area (Å²) >= 11 is 1.59. The summed E-state index contributed by atoms with van der Waals surface area (Å²) in [5, 5.41) is 6.20. The van der Waals surface area contributed by atoms with E-state index in [-0.39, 0.29) is 24.8 Å². The van der Waals surface area contributed by atoms with E-state index in [2.05, 4.69) is 10.3 Å². The fourth-order valence-corrected chi connectivity index (χ4v) is 3.91. The standard InChI is InChI=1S/C14H21F3N2S/c1-9-8-20-13(19-9)7-12(18-2)10-4-3-5-11(6-10)14(15,16)17/h8,10-12,18H,3-7H2,1-2H3. The highest BCUT2D eigenvalue weighted by Crippen LogP contribution is 2.41. The van der Waals surface area contributed by atoms with Crippen LogP contribution in [0.15, 0.2) is 5.38 Å². The van der Waals surface area contributed by atoms with Gasteiger partial charge < -0.3 is 5.32 Å². The zero-order chi connectivity index (χ0) is 14.8. The van der Waals surface area contributed by atoms with Crippen molar-refractivity contribution in [3.63, 3.8) is 0 Å². The van der Waals surface area contributed by atoms with Gasteiger partial charge in [0.2, 0.25) is 0 Å². The maximum atomic E-state index is 12.9. The van der Waals surface area contributed by atoms with Gasteiger partial charge in [0.15, 0.2) is 0 Å². The molecule has 0 amide bonds. The molecule has 3 unspecified atom stereocenters. The predicted molar refractivity (Wildman–Crippen MR) is 74.9 cm³/mol. The molecular weight excluding hydrogens is 285 g/mol. The monoisotopic (exact) mass is 306 g/mol. The molecule has 0 aromatic carbocycles. The van der Waals surface area contributed by atoms with Crippen molar-refractivity contribution in [3.05, 3.63) is 16.1 Å². The van der Waals surface area contributed by atoms with Gasteiger partial charge in [0.1, 0.15) is 0 Å². The average Bonchev–Trinajstić information content (AvgIpc) is 2.81. The van der Waals surface area contributed by atoms with Gasteiger partial charge in [-0.25, -0.2) is 4.98 Å². The number of aryl methyl sites for hydroxylation is 1. The van der Waals surface area contributed by atoms with E-state index in [0.29, 0.717) is 6.42 Å². The molecule has 1 aromatic rings. The van der Waals surface area contributed by atoms with E-state index < -0.39 is 12.1 Å². The first-order valence-corrected chi connectivity index (χ1v) is 7.93. The second kappa shape index (κ2) is 6.43. The Kier molecular flexibility index (Phi) is 5.07. The number of likely N-dealkylation sites (N-methyl/N-ethyl adjacent to an activating group) is 1. The Labute approximate surface area is 121 Å². The number of halogens is 3. The molecule has 0 radical (unpaired) electrons. The molecule has 3 atom stereocenters. The van der Waals surface area contributed by atoms with E-state index in [1.54, 1.807) is 11.3 Å². The molecule has 20 heavy (non-hydrogen) atoms. The molecule has 0 spiro atoms. The van der Waals surface area contributed by atoms with Crippen molar-refractivity contribution in [1.29, 1.82) is 0 Å². The van der Waals surface area contributed by atoms with E-state index in [9.17, 15) is 13.2 Å². The lowest BCUT2D eigenvalue weighted by atomic mass is 9.76. The SMILES string of the molecule is CNC(Cc1nc(C)cs1)C1CCCC(C(F)(F)F)C1. The van der Waals surface area contributed by atoms with E-state index in [1.807, 2.05) is 19.4 Å². The van der Waals surface area contributed by atoms with Crippen LogP contribution in [-0.2, 0) is 6.42 Å².